The maximum atomic E-state index is 11.5. The van der Waals surface area contributed by atoms with E-state index in [0.717, 1.165) is 19.4 Å². The third-order valence-corrected chi connectivity index (χ3v) is 2.45. The normalized spacial score (nSPS) is 29.9. The molecule has 12 heavy (non-hydrogen) atoms. The molecule has 3 nitrogen and oxygen atoms in total. The lowest BCUT2D eigenvalue weighted by Crippen LogP contribution is -2.43. The molecule has 0 spiro atoms. The molecular formula is C9H18N2O. The highest BCUT2D eigenvalue weighted by molar-refractivity contribution is 5.78. The number of amides is 1. The van der Waals surface area contributed by atoms with Crippen molar-refractivity contribution in [2.24, 2.45) is 5.92 Å². The molecule has 2 atom stereocenters. The van der Waals surface area contributed by atoms with Gasteiger partial charge in [-0.1, -0.05) is 0 Å². The quantitative estimate of drug-likeness (QED) is 0.620. The second-order valence-corrected chi connectivity index (χ2v) is 3.82. The van der Waals surface area contributed by atoms with Crippen LogP contribution >= 0.6 is 0 Å². The highest BCUT2D eigenvalue weighted by atomic mass is 16.2. The van der Waals surface area contributed by atoms with E-state index in [4.69, 9.17) is 0 Å². The Morgan fingerprint density at radius 1 is 1.42 bits per heavy atom. The second kappa shape index (κ2) is 3.90. The van der Waals surface area contributed by atoms with Gasteiger partial charge in [-0.05, 0) is 19.8 Å². The van der Waals surface area contributed by atoms with Crippen molar-refractivity contribution >= 4 is 5.91 Å². The molecular weight excluding hydrogens is 152 g/mol. The van der Waals surface area contributed by atoms with Crippen LogP contribution in [-0.2, 0) is 4.79 Å². The molecule has 1 aliphatic rings. The Morgan fingerprint density at radius 2 is 2.08 bits per heavy atom. The van der Waals surface area contributed by atoms with Gasteiger partial charge in [0, 0.05) is 26.7 Å². The number of carbonyl (C=O) groups is 1. The smallest absolute Gasteiger partial charge is 0.226 e. The lowest BCUT2D eigenvalue weighted by molar-refractivity contribution is -0.133. The molecule has 1 rings (SSSR count). The van der Waals surface area contributed by atoms with Crippen molar-refractivity contribution in [2.45, 2.75) is 25.8 Å². The number of nitrogens with one attached hydrogen (secondary N) is 1. The summed E-state index contributed by atoms with van der Waals surface area (Å²) >= 11 is 0. The monoisotopic (exact) mass is 170 g/mol. The zero-order valence-electron chi connectivity index (χ0n) is 8.13. The van der Waals surface area contributed by atoms with E-state index in [1.54, 1.807) is 4.90 Å². The summed E-state index contributed by atoms with van der Waals surface area (Å²) in [5.41, 5.74) is 0. The number of piperidine rings is 1. The molecule has 1 heterocycles. The Bertz CT molecular complexity index is 160. The van der Waals surface area contributed by atoms with E-state index >= 15 is 0 Å². The van der Waals surface area contributed by atoms with Crippen LogP contribution in [0.15, 0.2) is 0 Å². The largest absolute Gasteiger partial charge is 0.349 e. The van der Waals surface area contributed by atoms with Crippen LogP contribution in [0, 0.1) is 5.92 Å². The fourth-order valence-corrected chi connectivity index (χ4v) is 1.57. The van der Waals surface area contributed by atoms with E-state index in [1.807, 2.05) is 14.1 Å². The van der Waals surface area contributed by atoms with E-state index < -0.39 is 0 Å². The first-order chi connectivity index (χ1) is 5.61. The number of carbonyl (C=O) groups excluding carboxylic acids is 1. The zero-order chi connectivity index (χ0) is 9.14. The Kier molecular flexibility index (Phi) is 3.09. The number of rotatable bonds is 1. The molecule has 3 heteroatoms. The molecule has 0 aromatic heterocycles. The molecule has 1 aliphatic heterocycles. The van der Waals surface area contributed by atoms with Crippen molar-refractivity contribution in [2.75, 3.05) is 20.6 Å². The molecule has 0 aromatic rings. The summed E-state index contributed by atoms with van der Waals surface area (Å²) in [5.74, 6) is 0.464. The summed E-state index contributed by atoms with van der Waals surface area (Å²) in [7, 11) is 3.64. The maximum Gasteiger partial charge on any atom is 0.226 e. The van der Waals surface area contributed by atoms with Crippen LogP contribution < -0.4 is 5.32 Å². The van der Waals surface area contributed by atoms with Gasteiger partial charge in [0.05, 0.1) is 5.92 Å². The second-order valence-electron chi connectivity index (χ2n) is 3.82. The Labute approximate surface area is 74.1 Å². The minimum atomic E-state index is 0.205. The van der Waals surface area contributed by atoms with Crippen molar-refractivity contribution in [3.8, 4) is 0 Å². The van der Waals surface area contributed by atoms with Gasteiger partial charge in [0.25, 0.3) is 0 Å². The summed E-state index contributed by atoms with van der Waals surface area (Å²) in [6.07, 6.45) is 2.15. The van der Waals surface area contributed by atoms with Crippen LogP contribution in [-0.4, -0.2) is 37.5 Å². The van der Waals surface area contributed by atoms with Crippen LogP contribution in [0.3, 0.4) is 0 Å². The van der Waals surface area contributed by atoms with Crippen molar-refractivity contribution in [1.82, 2.24) is 10.2 Å². The summed E-state index contributed by atoms with van der Waals surface area (Å²) < 4.78 is 0. The number of hydrogen-bond donors (Lipinski definition) is 1. The van der Waals surface area contributed by atoms with Gasteiger partial charge in [0.1, 0.15) is 0 Å². The van der Waals surface area contributed by atoms with E-state index in [9.17, 15) is 4.79 Å². The van der Waals surface area contributed by atoms with Crippen LogP contribution in [0.25, 0.3) is 0 Å². The Hall–Kier alpha value is -0.570. The summed E-state index contributed by atoms with van der Waals surface area (Å²) in [6, 6.07) is 0.580. The molecule has 1 amide bonds. The SMILES string of the molecule is CC1CCC(C(=O)N(C)C)CN1. The van der Waals surface area contributed by atoms with E-state index in [2.05, 4.69) is 12.2 Å². The fraction of sp³-hybridized carbons (Fsp3) is 0.889. The zero-order valence-corrected chi connectivity index (χ0v) is 8.13. The van der Waals surface area contributed by atoms with Gasteiger partial charge in [-0.3, -0.25) is 4.79 Å². The summed E-state index contributed by atoms with van der Waals surface area (Å²) in [4.78, 5) is 13.2. The first kappa shape index (κ1) is 9.52. The Morgan fingerprint density at radius 3 is 2.50 bits per heavy atom. The molecule has 1 saturated heterocycles. The number of nitrogens with zero attached hydrogens (tertiary/aromatic N) is 1. The van der Waals surface area contributed by atoms with Gasteiger partial charge in [-0.15, -0.1) is 0 Å². The fourth-order valence-electron chi connectivity index (χ4n) is 1.57. The van der Waals surface area contributed by atoms with Crippen molar-refractivity contribution < 1.29 is 4.79 Å². The van der Waals surface area contributed by atoms with Crippen LogP contribution in [0.1, 0.15) is 19.8 Å². The predicted molar refractivity (Wildman–Crippen MR) is 48.9 cm³/mol. The topological polar surface area (TPSA) is 32.3 Å². The highest BCUT2D eigenvalue weighted by Crippen LogP contribution is 2.15. The summed E-state index contributed by atoms with van der Waals surface area (Å²) in [6.45, 7) is 3.01. The molecule has 1 fully saturated rings. The van der Waals surface area contributed by atoms with Gasteiger partial charge in [-0.25, -0.2) is 0 Å². The first-order valence-electron chi connectivity index (χ1n) is 4.56. The molecule has 1 N–H and O–H groups in total. The molecule has 0 aromatic carbocycles. The lowest BCUT2D eigenvalue weighted by Gasteiger charge is -2.28. The third kappa shape index (κ3) is 2.21. The van der Waals surface area contributed by atoms with E-state index in [-0.39, 0.29) is 11.8 Å². The van der Waals surface area contributed by atoms with Crippen molar-refractivity contribution in [1.29, 1.82) is 0 Å². The van der Waals surface area contributed by atoms with E-state index in [1.165, 1.54) is 0 Å². The minimum Gasteiger partial charge on any atom is -0.349 e. The molecule has 0 saturated carbocycles. The van der Waals surface area contributed by atoms with Crippen molar-refractivity contribution in [3.63, 3.8) is 0 Å². The lowest BCUT2D eigenvalue weighted by atomic mass is 9.94. The average Bonchev–Trinajstić information content (AvgIpc) is 2.04. The van der Waals surface area contributed by atoms with Crippen molar-refractivity contribution in [3.05, 3.63) is 0 Å². The van der Waals surface area contributed by atoms with Gasteiger partial charge >= 0.3 is 0 Å². The van der Waals surface area contributed by atoms with Gasteiger partial charge < -0.3 is 10.2 Å². The molecule has 0 aliphatic carbocycles. The highest BCUT2D eigenvalue weighted by Gasteiger charge is 2.24. The van der Waals surface area contributed by atoms with Gasteiger partial charge in [0.15, 0.2) is 0 Å². The summed E-state index contributed by atoms with van der Waals surface area (Å²) in [5, 5.41) is 3.32. The maximum absolute atomic E-state index is 11.5. The van der Waals surface area contributed by atoms with Gasteiger partial charge in [-0.2, -0.15) is 0 Å². The molecule has 0 bridgehead atoms. The van der Waals surface area contributed by atoms with E-state index in [0.29, 0.717) is 6.04 Å². The number of hydrogen-bond acceptors (Lipinski definition) is 2. The molecule has 70 valence electrons. The first-order valence-corrected chi connectivity index (χ1v) is 4.56. The standard InChI is InChI=1S/C9H18N2O/c1-7-4-5-8(6-10-7)9(12)11(2)3/h7-8,10H,4-6H2,1-3H3. The predicted octanol–water partition coefficient (Wildman–Crippen LogP) is 0.463. The molecule has 2 unspecified atom stereocenters. The average molecular weight is 170 g/mol. The Balaban J connectivity index is 2.39. The van der Waals surface area contributed by atoms with Crippen LogP contribution in [0.5, 0.6) is 0 Å². The van der Waals surface area contributed by atoms with Gasteiger partial charge in [0.2, 0.25) is 5.91 Å². The third-order valence-electron chi connectivity index (χ3n) is 2.45. The van der Waals surface area contributed by atoms with Crippen LogP contribution in [0.4, 0.5) is 0 Å². The van der Waals surface area contributed by atoms with Crippen LogP contribution in [0.2, 0.25) is 0 Å². The molecule has 0 radical (unpaired) electrons. The minimum absolute atomic E-state index is 0.205.